The predicted molar refractivity (Wildman–Crippen MR) is 73.3 cm³/mol. The second-order valence-electron chi connectivity index (χ2n) is 5.00. The lowest BCUT2D eigenvalue weighted by molar-refractivity contribution is -0.159. The number of nitrogens with zero attached hydrogens (tertiary/aromatic N) is 2. The molecule has 1 unspecified atom stereocenters. The van der Waals surface area contributed by atoms with Crippen molar-refractivity contribution in [3.05, 3.63) is 35.5 Å². The molecule has 1 heterocycles. The first-order chi connectivity index (χ1) is 11.2. The number of aromatic nitrogens is 2. The second kappa shape index (κ2) is 6.95. The van der Waals surface area contributed by atoms with Crippen molar-refractivity contribution in [3.8, 4) is 11.4 Å². The summed E-state index contributed by atoms with van der Waals surface area (Å²) in [5.74, 6) is -3.64. The smallest absolute Gasteiger partial charge is 0.396 e. The number of carbonyl (C=O) groups excluding carboxylic acids is 1. The Labute approximate surface area is 133 Å². The van der Waals surface area contributed by atoms with Crippen molar-refractivity contribution >= 4 is 5.91 Å². The van der Waals surface area contributed by atoms with E-state index in [-0.39, 0.29) is 23.8 Å². The van der Waals surface area contributed by atoms with E-state index in [0.29, 0.717) is 6.42 Å². The molecule has 0 fully saturated rings. The van der Waals surface area contributed by atoms with Crippen LogP contribution in [0, 0.1) is 5.82 Å². The van der Waals surface area contributed by atoms with Gasteiger partial charge in [0.25, 0.3) is 5.91 Å². The summed E-state index contributed by atoms with van der Waals surface area (Å²) in [5.41, 5.74) is -0.352. The summed E-state index contributed by atoms with van der Waals surface area (Å²) in [5, 5.41) is 14.4. The fourth-order valence-corrected chi connectivity index (χ4v) is 1.86. The van der Waals surface area contributed by atoms with Gasteiger partial charge in [0, 0.05) is 18.2 Å². The van der Waals surface area contributed by atoms with E-state index in [4.69, 9.17) is 5.11 Å². The number of aliphatic hydroxyl groups excluding tert-OH is 1. The fourth-order valence-electron chi connectivity index (χ4n) is 1.86. The molecule has 0 saturated heterocycles. The minimum absolute atomic E-state index is 0.0632. The highest BCUT2D eigenvalue weighted by Crippen LogP contribution is 2.29. The first-order valence-electron chi connectivity index (χ1n) is 6.85. The number of halogens is 4. The Morgan fingerprint density at radius 1 is 1.42 bits per heavy atom. The van der Waals surface area contributed by atoms with Crippen molar-refractivity contribution in [2.24, 2.45) is 0 Å². The normalized spacial score (nSPS) is 12.9. The van der Waals surface area contributed by atoms with Crippen molar-refractivity contribution < 1.29 is 32.0 Å². The Morgan fingerprint density at radius 2 is 2.12 bits per heavy atom. The van der Waals surface area contributed by atoms with Gasteiger partial charge in [0.1, 0.15) is 5.82 Å². The molecule has 2 aromatic rings. The van der Waals surface area contributed by atoms with E-state index < -0.39 is 29.6 Å². The first-order valence-corrected chi connectivity index (χ1v) is 6.85. The van der Waals surface area contributed by atoms with Crippen LogP contribution >= 0.6 is 0 Å². The summed E-state index contributed by atoms with van der Waals surface area (Å²) in [6.45, 7) is 1.50. The van der Waals surface area contributed by atoms with Gasteiger partial charge in [-0.3, -0.25) is 4.79 Å². The molecule has 0 bridgehead atoms. The molecule has 1 aromatic heterocycles. The van der Waals surface area contributed by atoms with Crippen LogP contribution in [0.15, 0.2) is 22.7 Å². The number of nitrogens with one attached hydrogen (secondary N) is 1. The number of benzene rings is 1. The Kier molecular flexibility index (Phi) is 5.17. The number of hydrogen-bond acceptors (Lipinski definition) is 5. The van der Waals surface area contributed by atoms with Crippen LogP contribution in [-0.2, 0) is 6.18 Å². The molecule has 1 amide bonds. The van der Waals surface area contributed by atoms with E-state index in [1.807, 2.05) is 0 Å². The first kappa shape index (κ1) is 17.9. The molecule has 0 aliphatic heterocycles. The SMILES string of the molecule is CC(CCO)NC(=O)c1ccc(-c2noc(C(F)(F)F)n2)cc1F. The van der Waals surface area contributed by atoms with E-state index in [9.17, 15) is 22.4 Å². The molecule has 0 aliphatic rings. The van der Waals surface area contributed by atoms with Crippen LogP contribution in [-0.4, -0.2) is 33.8 Å². The Morgan fingerprint density at radius 3 is 2.67 bits per heavy atom. The van der Waals surface area contributed by atoms with Gasteiger partial charge in [-0.1, -0.05) is 11.2 Å². The highest BCUT2D eigenvalue weighted by atomic mass is 19.4. The van der Waals surface area contributed by atoms with E-state index in [1.165, 1.54) is 6.07 Å². The van der Waals surface area contributed by atoms with Crippen molar-refractivity contribution in [1.29, 1.82) is 0 Å². The van der Waals surface area contributed by atoms with Crippen molar-refractivity contribution in [2.45, 2.75) is 25.6 Å². The molecule has 0 spiro atoms. The van der Waals surface area contributed by atoms with Gasteiger partial charge >= 0.3 is 12.1 Å². The van der Waals surface area contributed by atoms with Crippen LogP contribution in [0.3, 0.4) is 0 Å². The summed E-state index contributed by atoms with van der Waals surface area (Å²) < 4.78 is 55.3. The Hall–Kier alpha value is -2.49. The van der Waals surface area contributed by atoms with E-state index in [0.717, 1.165) is 12.1 Å². The van der Waals surface area contributed by atoms with Crippen LogP contribution in [0.5, 0.6) is 0 Å². The molecular formula is C14H13F4N3O3. The summed E-state index contributed by atoms with van der Waals surface area (Å²) in [6, 6.07) is 2.79. The largest absolute Gasteiger partial charge is 0.471 e. The summed E-state index contributed by atoms with van der Waals surface area (Å²) in [6.07, 6.45) is -4.50. The molecule has 24 heavy (non-hydrogen) atoms. The number of carbonyl (C=O) groups is 1. The molecule has 1 atom stereocenters. The summed E-state index contributed by atoms with van der Waals surface area (Å²) >= 11 is 0. The minimum atomic E-state index is -4.80. The van der Waals surface area contributed by atoms with Crippen LogP contribution < -0.4 is 5.32 Å². The number of amides is 1. The third-order valence-electron chi connectivity index (χ3n) is 3.08. The van der Waals surface area contributed by atoms with E-state index >= 15 is 0 Å². The quantitative estimate of drug-likeness (QED) is 0.811. The van der Waals surface area contributed by atoms with E-state index in [2.05, 4.69) is 20.0 Å². The van der Waals surface area contributed by atoms with Gasteiger partial charge in [-0.25, -0.2) is 4.39 Å². The van der Waals surface area contributed by atoms with Gasteiger partial charge in [0.2, 0.25) is 5.82 Å². The van der Waals surface area contributed by atoms with Gasteiger partial charge in [0.05, 0.1) is 5.56 Å². The third kappa shape index (κ3) is 4.07. The van der Waals surface area contributed by atoms with Crippen LogP contribution in [0.25, 0.3) is 11.4 Å². The van der Waals surface area contributed by atoms with Gasteiger partial charge < -0.3 is 14.9 Å². The number of hydrogen-bond donors (Lipinski definition) is 2. The Bertz CT molecular complexity index is 730. The lowest BCUT2D eigenvalue weighted by atomic mass is 10.1. The Balaban J connectivity index is 2.20. The maximum Gasteiger partial charge on any atom is 0.471 e. The van der Waals surface area contributed by atoms with Crippen LogP contribution in [0.4, 0.5) is 17.6 Å². The zero-order valence-electron chi connectivity index (χ0n) is 12.4. The standard InChI is InChI=1S/C14H13F4N3O3/c1-7(4-5-22)19-12(23)9-3-2-8(6-10(9)15)11-20-13(24-21-11)14(16,17)18/h2-3,6-7,22H,4-5H2,1H3,(H,19,23). The molecule has 130 valence electrons. The molecule has 0 aliphatic carbocycles. The maximum atomic E-state index is 14.0. The van der Waals surface area contributed by atoms with E-state index in [1.54, 1.807) is 6.92 Å². The molecule has 0 saturated carbocycles. The fraction of sp³-hybridized carbons (Fsp3) is 0.357. The second-order valence-corrected chi connectivity index (χ2v) is 5.00. The highest BCUT2D eigenvalue weighted by Gasteiger charge is 2.38. The third-order valence-corrected chi connectivity index (χ3v) is 3.08. The minimum Gasteiger partial charge on any atom is -0.396 e. The van der Waals surface area contributed by atoms with Crippen molar-refractivity contribution in [1.82, 2.24) is 15.5 Å². The predicted octanol–water partition coefficient (Wildman–Crippen LogP) is 2.40. The zero-order chi connectivity index (χ0) is 17.9. The molecule has 2 rings (SSSR count). The molecule has 0 radical (unpaired) electrons. The summed E-state index contributed by atoms with van der Waals surface area (Å²) in [7, 11) is 0. The average molecular weight is 347 g/mol. The van der Waals surface area contributed by atoms with Gasteiger partial charge in [-0.15, -0.1) is 0 Å². The number of alkyl halides is 3. The average Bonchev–Trinajstić information content (AvgIpc) is 2.97. The van der Waals surface area contributed by atoms with Gasteiger partial charge in [0.15, 0.2) is 0 Å². The lowest BCUT2D eigenvalue weighted by Gasteiger charge is -2.12. The van der Waals surface area contributed by atoms with Gasteiger partial charge in [-0.05, 0) is 25.5 Å². The number of rotatable bonds is 5. The highest BCUT2D eigenvalue weighted by molar-refractivity contribution is 5.95. The van der Waals surface area contributed by atoms with Crippen molar-refractivity contribution in [3.63, 3.8) is 0 Å². The monoisotopic (exact) mass is 347 g/mol. The van der Waals surface area contributed by atoms with Crippen LogP contribution in [0.1, 0.15) is 29.6 Å². The zero-order valence-corrected chi connectivity index (χ0v) is 12.4. The van der Waals surface area contributed by atoms with Gasteiger partial charge in [-0.2, -0.15) is 18.2 Å². The topological polar surface area (TPSA) is 88.2 Å². The molecular weight excluding hydrogens is 334 g/mol. The van der Waals surface area contributed by atoms with Crippen molar-refractivity contribution in [2.75, 3.05) is 6.61 Å². The molecule has 10 heteroatoms. The molecule has 1 aromatic carbocycles. The van der Waals surface area contributed by atoms with Crippen LogP contribution in [0.2, 0.25) is 0 Å². The molecule has 6 nitrogen and oxygen atoms in total. The molecule has 2 N–H and O–H groups in total. The lowest BCUT2D eigenvalue weighted by Crippen LogP contribution is -2.33. The number of aliphatic hydroxyl groups is 1. The summed E-state index contributed by atoms with van der Waals surface area (Å²) in [4.78, 5) is 15.0. The maximum absolute atomic E-state index is 14.0.